The molecule has 168 valence electrons. The quantitative estimate of drug-likeness (QED) is 0.280. The number of nitrogens with zero attached hydrogens (tertiary/aromatic N) is 1. The Morgan fingerprint density at radius 2 is 1.53 bits per heavy atom. The number of amides is 3. The molecule has 0 saturated carbocycles. The summed E-state index contributed by atoms with van der Waals surface area (Å²) < 4.78 is 0. The summed E-state index contributed by atoms with van der Waals surface area (Å²) in [6.07, 6.45) is 2.68. The number of benzene rings is 4. The maximum atomic E-state index is 13.1. The molecular formula is C28H22N2O3S. The van der Waals surface area contributed by atoms with E-state index >= 15 is 0 Å². The summed E-state index contributed by atoms with van der Waals surface area (Å²) in [6, 6.07) is 25.6. The Bertz CT molecular complexity index is 1420. The smallest absolute Gasteiger partial charge is 0.294 e. The zero-order valence-corrected chi connectivity index (χ0v) is 19.4. The molecule has 1 heterocycles. The van der Waals surface area contributed by atoms with Crippen LogP contribution in [0.4, 0.5) is 10.5 Å². The van der Waals surface area contributed by atoms with Crippen LogP contribution >= 0.6 is 11.8 Å². The van der Waals surface area contributed by atoms with Gasteiger partial charge in [-0.15, -0.1) is 0 Å². The summed E-state index contributed by atoms with van der Waals surface area (Å²) in [7, 11) is 0. The monoisotopic (exact) mass is 466 g/mol. The molecule has 0 radical (unpaired) electrons. The lowest BCUT2D eigenvalue weighted by Gasteiger charge is -2.13. The van der Waals surface area contributed by atoms with Crippen LogP contribution in [0.2, 0.25) is 0 Å². The average molecular weight is 467 g/mol. The van der Waals surface area contributed by atoms with Crippen LogP contribution in [0.15, 0.2) is 83.8 Å². The highest BCUT2D eigenvalue weighted by atomic mass is 32.2. The number of thioether (sulfide) groups is 1. The summed E-state index contributed by atoms with van der Waals surface area (Å²) in [6.45, 7) is 1.73. The Balaban J connectivity index is 1.42. The molecule has 0 bridgehead atoms. The third kappa shape index (κ3) is 4.20. The molecule has 0 aromatic heterocycles. The Morgan fingerprint density at radius 3 is 2.15 bits per heavy atom. The van der Waals surface area contributed by atoms with Gasteiger partial charge in [-0.25, -0.2) is 0 Å². The summed E-state index contributed by atoms with van der Waals surface area (Å²) in [5, 5.41) is 6.43. The average Bonchev–Trinajstić information content (AvgIpc) is 3.11. The van der Waals surface area contributed by atoms with Crippen LogP contribution in [-0.2, 0) is 16.0 Å². The van der Waals surface area contributed by atoms with Crippen LogP contribution in [-0.4, -0.2) is 28.5 Å². The molecule has 4 aromatic carbocycles. The zero-order chi connectivity index (χ0) is 23.7. The maximum absolute atomic E-state index is 13.1. The molecule has 1 saturated heterocycles. The number of hydrogen-bond acceptors (Lipinski definition) is 4. The molecule has 1 fully saturated rings. The number of fused-ring (bicyclic) bond motifs is 2. The van der Waals surface area contributed by atoms with Gasteiger partial charge in [0.15, 0.2) is 0 Å². The van der Waals surface area contributed by atoms with Gasteiger partial charge in [-0.1, -0.05) is 67.6 Å². The molecule has 6 heteroatoms. The molecule has 1 N–H and O–H groups in total. The van der Waals surface area contributed by atoms with Crippen LogP contribution in [0.1, 0.15) is 18.1 Å². The molecule has 5 nitrogen and oxygen atoms in total. The zero-order valence-electron chi connectivity index (χ0n) is 18.6. The van der Waals surface area contributed by atoms with Gasteiger partial charge in [-0.3, -0.25) is 19.3 Å². The van der Waals surface area contributed by atoms with Crippen molar-refractivity contribution in [2.24, 2.45) is 0 Å². The van der Waals surface area contributed by atoms with E-state index in [-0.39, 0.29) is 6.54 Å². The second kappa shape index (κ2) is 9.15. The Hall–Kier alpha value is -3.90. The van der Waals surface area contributed by atoms with Gasteiger partial charge in [-0.2, -0.15) is 0 Å². The number of anilines is 1. The van der Waals surface area contributed by atoms with Crippen molar-refractivity contribution in [1.29, 1.82) is 0 Å². The predicted octanol–water partition coefficient (Wildman–Crippen LogP) is 6.23. The first-order chi connectivity index (χ1) is 16.5. The molecular weight excluding hydrogens is 444 g/mol. The van der Waals surface area contributed by atoms with Crippen molar-refractivity contribution in [3.05, 3.63) is 94.9 Å². The molecule has 1 aliphatic heterocycles. The van der Waals surface area contributed by atoms with E-state index in [1.54, 1.807) is 6.08 Å². The second-order valence-electron chi connectivity index (χ2n) is 8.10. The number of aryl methyl sites for hydroxylation is 1. The SMILES string of the molecule is CCc1ccc(NC(=O)CN2C(=O)S/C(=C/c3c4ccccc4cc4ccccc34)C2=O)cc1. The Kier molecular flexibility index (Phi) is 5.90. The first-order valence-corrected chi connectivity index (χ1v) is 11.9. The number of nitrogens with one attached hydrogen (secondary N) is 1. The van der Waals surface area contributed by atoms with Crippen LogP contribution in [0.25, 0.3) is 27.6 Å². The van der Waals surface area contributed by atoms with Crippen LogP contribution in [0.3, 0.4) is 0 Å². The lowest BCUT2D eigenvalue weighted by atomic mass is 9.96. The van der Waals surface area contributed by atoms with E-state index in [0.29, 0.717) is 10.6 Å². The van der Waals surface area contributed by atoms with E-state index in [1.807, 2.05) is 72.8 Å². The van der Waals surface area contributed by atoms with Gasteiger partial charge >= 0.3 is 0 Å². The summed E-state index contributed by atoms with van der Waals surface area (Å²) in [5.74, 6) is -0.869. The van der Waals surface area contributed by atoms with E-state index in [9.17, 15) is 14.4 Å². The summed E-state index contributed by atoms with van der Waals surface area (Å²) in [5.41, 5.74) is 2.68. The number of hydrogen-bond donors (Lipinski definition) is 1. The van der Waals surface area contributed by atoms with Gasteiger partial charge in [0.05, 0.1) is 4.91 Å². The van der Waals surface area contributed by atoms with Gasteiger partial charge < -0.3 is 5.32 Å². The van der Waals surface area contributed by atoms with E-state index in [1.165, 1.54) is 0 Å². The lowest BCUT2D eigenvalue weighted by molar-refractivity contribution is -0.127. The first-order valence-electron chi connectivity index (χ1n) is 11.1. The number of carbonyl (C=O) groups excluding carboxylic acids is 3. The van der Waals surface area contributed by atoms with Crippen LogP contribution < -0.4 is 5.32 Å². The predicted molar refractivity (Wildman–Crippen MR) is 139 cm³/mol. The number of rotatable bonds is 5. The van der Waals surface area contributed by atoms with Crippen molar-refractivity contribution in [3.8, 4) is 0 Å². The normalized spacial score (nSPS) is 15.0. The third-order valence-electron chi connectivity index (χ3n) is 5.91. The van der Waals surface area contributed by atoms with Crippen molar-refractivity contribution in [2.45, 2.75) is 13.3 Å². The molecule has 34 heavy (non-hydrogen) atoms. The topological polar surface area (TPSA) is 66.5 Å². The van der Waals surface area contributed by atoms with Crippen molar-refractivity contribution < 1.29 is 14.4 Å². The highest BCUT2D eigenvalue weighted by Crippen LogP contribution is 2.36. The van der Waals surface area contributed by atoms with Crippen LogP contribution in [0.5, 0.6) is 0 Å². The Morgan fingerprint density at radius 1 is 0.912 bits per heavy atom. The second-order valence-corrected chi connectivity index (χ2v) is 9.09. The van der Waals surface area contributed by atoms with Crippen molar-refractivity contribution in [3.63, 3.8) is 0 Å². The number of carbonyl (C=O) groups is 3. The highest BCUT2D eigenvalue weighted by Gasteiger charge is 2.36. The van der Waals surface area contributed by atoms with Crippen molar-refractivity contribution in [1.82, 2.24) is 4.90 Å². The van der Waals surface area contributed by atoms with E-state index in [0.717, 1.165) is 55.8 Å². The first kappa shape index (κ1) is 21.9. The molecule has 3 amide bonds. The van der Waals surface area contributed by atoms with E-state index in [2.05, 4.69) is 18.3 Å². The molecule has 0 unspecified atom stereocenters. The molecule has 0 spiro atoms. The van der Waals surface area contributed by atoms with Gasteiger partial charge in [0.1, 0.15) is 6.54 Å². The van der Waals surface area contributed by atoms with E-state index in [4.69, 9.17) is 0 Å². The van der Waals surface area contributed by atoms with Gasteiger partial charge in [0, 0.05) is 5.69 Å². The fourth-order valence-corrected chi connectivity index (χ4v) is 4.96. The Labute approximate surface area is 201 Å². The van der Waals surface area contributed by atoms with Crippen LogP contribution in [0, 0.1) is 0 Å². The maximum Gasteiger partial charge on any atom is 0.294 e. The van der Waals surface area contributed by atoms with Gasteiger partial charge in [0.2, 0.25) is 5.91 Å². The fourth-order valence-electron chi connectivity index (χ4n) is 4.14. The molecule has 0 atom stereocenters. The minimum atomic E-state index is -0.455. The van der Waals surface area contributed by atoms with Crippen molar-refractivity contribution >= 4 is 62.1 Å². The number of imide groups is 1. The highest BCUT2D eigenvalue weighted by molar-refractivity contribution is 8.18. The van der Waals surface area contributed by atoms with E-state index < -0.39 is 17.1 Å². The molecule has 1 aliphatic rings. The van der Waals surface area contributed by atoms with Gasteiger partial charge in [-0.05, 0) is 75.1 Å². The molecule has 0 aliphatic carbocycles. The standard InChI is InChI=1S/C28H22N2O3S/c1-2-18-11-13-21(14-12-18)29-26(31)17-30-27(32)25(34-28(30)33)16-24-22-9-5-3-7-19(22)15-20-8-4-6-10-23(20)24/h3-16H,2,17H2,1H3,(H,29,31)/b25-16+. The molecule has 5 rings (SSSR count). The third-order valence-corrected chi connectivity index (χ3v) is 6.82. The lowest BCUT2D eigenvalue weighted by Crippen LogP contribution is -2.36. The largest absolute Gasteiger partial charge is 0.325 e. The van der Waals surface area contributed by atoms with Crippen molar-refractivity contribution in [2.75, 3.05) is 11.9 Å². The minimum Gasteiger partial charge on any atom is -0.325 e. The summed E-state index contributed by atoms with van der Waals surface area (Å²) in [4.78, 5) is 39.6. The molecule has 4 aromatic rings. The minimum absolute atomic E-state index is 0.312. The van der Waals surface area contributed by atoms with Gasteiger partial charge in [0.25, 0.3) is 11.1 Å². The summed E-state index contributed by atoms with van der Waals surface area (Å²) >= 11 is 0.865. The fraction of sp³-hybridized carbons (Fsp3) is 0.107.